The molecule has 0 unspecified atom stereocenters. The van der Waals surface area contributed by atoms with Crippen molar-refractivity contribution in [2.45, 2.75) is 6.42 Å². The Morgan fingerprint density at radius 2 is 2.05 bits per heavy atom. The molecular weight excluding hydrogens is 455 g/mol. The SMILES string of the molecule is COC(=O)CCNC(=O)c1cc(I)ccc1NC(=O)CBr. The van der Waals surface area contributed by atoms with Crippen molar-refractivity contribution in [2.24, 2.45) is 0 Å². The van der Waals surface area contributed by atoms with E-state index in [1.165, 1.54) is 7.11 Å². The van der Waals surface area contributed by atoms with Gasteiger partial charge in [-0.3, -0.25) is 14.4 Å². The number of rotatable bonds is 6. The Labute approximate surface area is 144 Å². The number of ether oxygens (including phenoxy) is 1. The highest BCUT2D eigenvalue weighted by atomic mass is 127. The summed E-state index contributed by atoms with van der Waals surface area (Å²) >= 11 is 5.13. The molecule has 0 bridgehead atoms. The topological polar surface area (TPSA) is 84.5 Å². The van der Waals surface area contributed by atoms with Crippen molar-refractivity contribution in [3.63, 3.8) is 0 Å². The van der Waals surface area contributed by atoms with Crippen molar-refractivity contribution in [2.75, 3.05) is 24.3 Å². The number of hydrogen-bond acceptors (Lipinski definition) is 4. The van der Waals surface area contributed by atoms with E-state index in [0.29, 0.717) is 11.3 Å². The third kappa shape index (κ3) is 6.00. The third-order valence-corrected chi connectivity index (χ3v) is 3.64. The molecule has 0 fully saturated rings. The van der Waals surface area contributed by atoms with E-state index in [2.05, 4.69) is 53.9 Å². The summed E-state index contributed by atoms with van der Waals surface area (Å²) in [6, 6.07) is 5.12. The van der Waals surface area contributed by atoms with Crippen molar-refractivity contribution in [3.8, 4) is 0 Å². The van der Waals surface area contributed by atoms with Gasteiger partial charge in [0.05, 0.1) is 30.1 Å². The van der Waals surface area contributed by atoms with Gasteiger partial charge in [0, 0.05) is 10.1 Å². The summed E-state index contributed by atoms with van der Waals surface area (Å²) in [5.74, 6) is -1.01. The highest BCUT2D eigenvalue weighted by molar-refractivity contribution is 14.1. The van der Waals surface area contributed by atoms with Crippen LogP contribution in [0.1, 0.15) is 16.8 Å². The molecule has 0 aliphatic rings. The van der Waals surface area contributed by atoms with Gasteiger partial charge in [0.2, 0.25) is 5.91 Å². The van der Waals surface area contributed by atoms with Gasteiger partial charge in [0.15, 0.2) is 0 Å². The van der Waals surface area contributed by atoms with Crippen LogP contribution in [-0.2, 0) is 14.3 Å². The molecule has 1 aromatic rings. The van der Waals surface area contributed by atoms with E-state index in [9.17, 15) is 14.4 Å². The molecule has 0 spiro atoms. The van der Waals surface area contributed by atoms with Crippen LogP contribution in [0.4, 0.5) is 5.69 Å². The largest absolute Gasteiger partial charge is 0.469 e. The van der Waals surface area contributed by atoms with E-state index in [4.69, 9.17) is 0 Å². The molecule has 21 heavy (non-hydrogen) atoms. The fourth-order valence-electron chi connectivity index (χ4n) is 1.47. The number of esters is 1. The first-order chi connectivity index (χ1) is 9.97. The maximum absolute atomic E-state index is 12.1. The monoisotopic (exact) mass is 468 g/mol. The highest BCUT2D eigenvalue weighted by Gasteiger charge is 2.14. The predicted octanol–water partition coefficient (Wildman–Crippen LogP) is 1.92. The van der Waals surface area contributed by atoms with E-state index in [-0.39, 0.29) is 30.1 Å². The second-order valence-electron chi connectivity index (χ2n) is 3.95. The second-order valence-corrected chi connectivity index (χ2v) is 5.76. The van der Waals surface area contributed by atoms with Gasteiger partial charge in [-0.05, 0) is 40.8 Å². The summed E-state index contributed by atoms with van der Waals surface area (Å²) < 4.78 is 5.36. The van der Waals surface area contributed by atoms with Gasteiger partial charge in [-0.25, -0.2) is 0 Å². The molecule has 8 heteroatoms. The van der Waals surface area contributed by atoms with E-state index >= 15 is 0 Å². The number of hydrogen-bond donors (Lipinski definition) is 2. The Bertz CT molecular complexity index is 551. The summed E-state index contributed by atoms with van der Waals surface area (Å²) in [6.45, 7) is 0.169. The van der Waals surface area contributed by atoms with Gasteiger partial charge in [-0.2, -0.15) is 0 Å². The number of alkyl halides is 1. The smallest absolute Gasteiger partial charge is 0.307 e. The molecule has 0 radical (unpaired) electrons. The minimum Gasteiger partial charge on any atom is -0.469 e. The molecule has 1 rings (SSSR count). The van der Waals surface area contributed by atoms with Crippen LogP contribution >= 0.6 is 38.5 Å². The van der Waals surface area contributed by atoms with Crippen molar-refractivity contribution < 1.29 is 19.1 Å². The quantitative estimate of drug-likeness (QED) is 0.379. The van der Waals surface area contributed by atoms with Crippen LogP contribution in [0.5, 0.6) is 0 Å². The van der Waals surface area contributed by atoms with E-state index in [0.717, 1.165) is 3.57 Å². The van der Waals surface area contributed by atoms with Crippen molar-refractivity contribution in [1.29, 1.82) is 0 Å². The Hall–Kier alpha value is -1.16. The molecule has 0 saturated carbocycles. The molecule has 114 valence electrons. The molecule has 2 amide bonds. The Morgan fingerprint density at radius 1 is 1.33 bits per heavy atom. The number of nitrogens with one attached hydrogen (secondary N) is 2. The summed E-state index contributed by atoms with van der Waals surface area (Å²) in [7, 11) is 1.29. The van der Waals surface area contributed by atoms with Gasteiger partial charge in [-0.1, -0.05) is 15.9 Å². The van der Waals surface area contributed by atoms with Gasteiger partial charge < -0.3 is 15.4 Å². The highest BCUT2D eigenvalue weighted by Crippen LogP contribution is 2.19. The maximum atomic E-state index is 12.1. The number of halogens is 2. The molecule has 0 saturated heterocycles. The standard InChI is InChI=1S/C13H14BrIN2O4/c1-21-12(19)4-5-16-13(20)9-6-8(15)2-3-10(9)17-11(18)7-14/h2-3,6H,4-5,7H2,1H3,(H,16,20)(H,17,18). The molecular formula is C13H14BrIN2O4. The number of carbonyl (C=O) groups excluding carboxylic acids is 3. The van der Waals surface area contributed by atoms with Gasteiger partial charge >= 0.3 is 5.97 Å². The lowest BCUT2D eigenvalue weighted by molar-refractivity contribution is -0.140. The minimum atomic E-state index is -0.397. The zero-order valence-electron chi connectivity index (χ0n) is 11.2. The predicted molar refractivity (Wildman–Crippen MR) is 90.5 cm³/mol. The summed E-state index contributed by atoms with van der Waals surface area (Å²) in [5, 5.41) is 5.40. The first kappa shape index (κ1) is 17.9. The lowest BCUT2D eigenvalue weighted by atomic mass is 10.1. The van der Waals surface area contributed by atoms with E-state index < -0.39 is 5.97 Å². The Morgan fingerprint density at radius 3 is 2.67 bits per heavy atom. The molecule has 0 aromatic heterocycles. The lowest BCUT2D eigenvalue weighted by Crippen LogP contribution is -2.28. The first-order valence-corrected chi connectivity index (χ1v) is 8.18. The van der Waals surface area contributed by atoms with Crippen LogP contribution in [0, 0.1) is 3.57 Å². The lowest BCUT2D eigenvalue weighted by Gasteiger charge is -2.11. The average Bonchev–Trinajstić information content (AvgIpc) is 2.48. The number of benzene rings is 1. The fourth-order valence-corrected chi connectivity index (χ4v) is 2.10. The normalized spacial score (nSPS) is 9.86. The van der Waals surface area contributed by atoms with Crippen LogP contribution in [0.2, 0.25) is 0 Å². The van der Waals surface area contributed by atoms with Crippen LogP contribution in [0.3, 0.4) is 0 Å². The summed E-state index contributed by atoms with van der Waals surface area (Å²) in [5.41, 5.74) is 0.775. The molecule has 0 aliphatic carbocycles. The van der Waals surface area contributed by atoms with Gasteiger partial charge in [-0.15, -0.1) is 0 Å². The van der Waals surface area contributed by atoms with Gasteiger partial charge in [0.1, 0.15) is 0 Å². The number of carbonyl (C=O) groups is 3. The fraction of sp³-hybridized carbons (Fsp3) is 0.308. The molecule has 6 nitrogen and oxygen atoms in total. The molecule has 0 atom stereocenters. The van der Waals surface area contributed by atoms with Crippen molar-refractivity contribution in [1.82, 2.24) is 5.32 Å². The molecule has 0 aliphatic heterocycles. The third-order valence-electron chi connectivity index (χ3n) is 2.46. The molecule has 1 aromatic carbocycles. The number of anilines is 1. The zero-order chi connectivity index (χ0) is 15.8. The Kier molecular flexibility index (Phi) is 7.65. The van der Waals surface area contributed by atoms with Crippen LogP contribution in [0.25, 0.3) is 0 Å². The first-order valence-electron chi connectivity index (χ1n) is 5.98. The molecule has 2 N–H and O–H groups in total. The van der Waals surface area contributed by atoms with Crippen molar-refractivity contribution in [3.05, 3.63) is 27.3 Å². The average molecular weight is 469 g/mol. The Balaban J connectivity index is 2.79. The minimum absolute atomic E-state index is 0.0925. The van der Waals surface area contributed by atoms with Gasteiger partial charge in [0.25, 0.3) is 5.91 Å². The maximum Gasteiger partial charge on any atom is 0.307 e. The van der Waals surface area contributed by atoms with Crippen LogP contribution in [-0.4, -0.2) is 36.8 Å². The number of amides is 2. The van der Waals surface area contributed by atoms with Crippen molar-refractivity contribution >= 4 is 62.0 Å². The van der Waals surface area contributed by atoms with Crippen LogP contribution in [0.15, 0.2) is 18.2 Å². The summed E-state index contributed by atoms with van der Waals surface area (Å²) in [6.07, 6.45) is 0.0925. The van der Waals surface area contributed by atoms with E-state index in [1.807, 2.05) is 0 Å². The van der Waals surface area contributed by atoms with E-state index in [1.54, 1.807) is 18.2 Å². The molecule has 0 heterocycles. The second kappa shape index (κ2) is 8.98. The summed E-state index contributed by atoms with van der Waals surface area (Å²) in [4.78, 5) is 34.6. The van der Waals surface area contributed by atoms with Crippen LogP contribution < -0.4 is 10.6 Å². The zero-order valence-corrected chi connectivity index (χ0v) is 15.0. The number of methoxy groups -OCH3 is 1.